The topological polar surface area (TPSA) is 46.5 Å². The molecule has 0 unspecified atom stereocenters. The highest BCUT2D eigenvalue weighted by Crippen LogP contribution is 2.31. The van der Waals surface area contributed by atoms with Crippen LogP contribution in [0.15, 0.2) is 41.5 Å². The maximum atomic E-state index is 6.06. The molecule has 1 N–H and O–H groups in total. The molecule has 0 spiro atoms. The number of nitrogens with zero attached hydrogens (tertiary/aromatic N) is 2. The number of aliphatic imine (C=N–C) groups is 1. The number of amidine groups is 1. The van der Waals surface area contributed by atoms with Crippen LogP contribution in [0.3, 0.4) is 0 Å². The van der Waals surface area contributed by atoms with Crippen LogP contribution in [0.4, 0.5) is 5.69 Å². The van der Waals surface area contributed by atoms with Crippen LogP contribution in [-0.4, -0.2) is 17.4 Å². The van der Waals surface area contributed by atoms with Crippen molar-refractivity contribution in [3.63, 3.8) is 0 Å². The number of benzene rings is 1. The van der Waals surface area contributed by atoms with Crippen molar-refractivity contribution in [2.75, 3.05) is 11.9 Å². The van der Waals surface area contributed by atoms with E-state index in [0.717, 1.165) is 17.2 Å². The standard InChI is InChI=1S/C14H11Cl2N3O/c15-9-3-1-5-12(14(9)16)20-8-13-18-7-11-10(19-13)4-2-6-17-11/h1-6H,7-8H2,(H,18,19). The molecule has 0 atom stereocenters. The van der Waals surface area contributed by atoms with Gasteiger partial charge in [-0.25, -0.2) is 0 Å². The van der Waals surface area contributed by atoms with E-state index in [9.17, 15) is 0 Å². The molecule has 0 saturated heterocycles. The van der Waals surface area contributed by atoms with Crippen LogP contribution in [0.25, 0.3) is 0 Å². The lowest BCUT2D eigenvalue weighted by molar-refractivity contribution is 0.376. The fourth-order valence-electron chi connectivity index (χ4n) is 1.87. The Morgan fingerprint density at radius 1 is 1.20 bits per heavy atom. The Balaban J connectivity index is 1.68. The van der Waals surface area contributed by atoms with E-state index in [0.29, 0.717) is 28.9 Å². The molecule has 0 radical (unpaired) electrons. The number of rotatable bonds is 3. The van der Waals surface area contributed by atoms with Gasteiger partial charge in [0.05, 0.1) is 22.9 Å². The number of nitrogens with one attached hydrogen (secondary N) is 1. The summed E-state index contributed by atoms with van der Waals surface area (Å²) in [5.41, 5.74) is 1.88. The molecule has 6 heteroatoms. The fraction of sp³-hybridized carbons (Fsp3) is 0.143. The van der Waals surface area contributed by atoms with Crippen LogP contribution in [0.5, 0.6) is 5.75 Å². The summed E-state index contributed by atoms with van der Waals surface area (Å²) in [6.45, 7) is 0.847. The molecule has 1 aromatic carbocycles. The Morgan fingerprint density at radius 3 is 3.00 bits per heavy atom. The number of pyridine rings is 1. The molecule has 2 aromatic rings. The van der Waals surface area contributed by atoms with Crippen LogP contribution in [0, 0.1) is 0 Å². The first-order valence-corrected chi connectivity index (χ1v) is 6.80. The summed E-state index contributed by atoms with van der Waals surface area (Å²) in [6, 6.07) is 9.12. The van der Waals surface area contributed by atoms with Gasteiger partial charge in [-0.3, -0.25) is 9.98 Å². The molecule has 0 saturated carbocycles. The predicted molar refractivity (Wildman–Crippen MR) is 81.0 cm³/mol. The summed E-state index contributed by atoms with van der Waals surface area (Å²) >= 11 is 12.0. The van der Waals surface area contributed by atoms with Crippen molar-refractivity contribution in [1.29, 1.82) is 0 Å². The molecule has 0 fully saturated rings. The van der Waals surface area contributed by atoms with Gasteiger partial charge in [0.15, 0.2) is 0 Å². The Hall–Kier alpha value is -1.78. The molecule has 102 valence electrons. The second kappa shape index (κ2) is 5.69. The van der Waals surface area contributed by atoms with E-state index >= 15 is 0 Å². The van der Waals surface area contributed by atoms with Crippen LogP contribution < -0.4 is 10.1 Å². The zero-order valence-corrected chi connectivity index (χ0v) is 11.9. The van der Waals surface area contributed by atoms with Gasteiger partial charge >= 0.3 is 0 Å². The molecule has 1 aliphatic heterocycles. The third-order valence-electron chi connectivity index (χ3n) is 2.87. The molecule has 1 aliphatic rings. The van der Waals surface area contributed by atoms with E-state index in [2.05, 4.69) is 15.3 Å². The lowest BCUT2D eigenvalue weighted by Gasteiger charge is -2.18. The molecule has 0 aliphatic carbocycles. The molecular weight excluding hydrogens is 297 g/mol. The summed E-state index contributed by atoms with van der Waals surface area (Å²) in [6.07, 6.45) is 1.75. The van der Waals surface area contributed by atoms with Gasteiger partial charge in [0.25, 0.3) is 0 Å². The van der Waals surface area contributed by atoms with Crippen molar-refractivity contribution in [2.24, 2.45) is 4.99 Å². The van der Waals surface area contributed by atoms with Crippen LogP contribution in [0.2, 0.25) is 10.0 Å². The second-order valence-corrected chi connectivity index (χ2v) is 5.01. The average Bonchev–Trinajstić information content (AvgIpc) is 2.48. The largest absolute Gasteiger partial charge is 0.484 e. The minimum Gasteiger partial charge on any atom is -0.484 e. The van der Waals surface area contributed by atoms with Crippen LogP contribution >= 0.6 is 23.2 Å². The molecule has 0 amide bonds. The summed E-state index contributed by atoms with van der Waals surface area (Å²) in [5.74, 6) is 1.28. The highest BCUT2D eigenvalue weighted by molar-refractivity contribution is 6.42. The van der Waals surface area contributed by atoms with Crippen molar-refractivity contribution < 1.29 is 4.74 Å². The summed E-state index contributed by atoms with van der Waals surface area (Å²) < 4.78 is 5.64. The minimum atomic E-state index is 0.300. The first-order valence-electron chi connectivity index (χ1n) is 6.05. The number of halogens is 2. The van der Waals surface area contributed by atoms with E-state index in [1.807, 2.05) is 12.1 Å². The van der Waals surface area contributed by atoms with Crippen molar-refractivity contribution in [3.05, 3.63) is 52.3 Å². The van der Waals surface area contributed by atoms with Gasteiger partial charge in [-0.2, -0.15) is 0 Å². The normalized spacial score (nSPS) is 13.2. The quantitative estimate of drug-likeness (QED) is 0.938. The molecule has 2 heterocycles. The zero-order chi connectivity index (χ0) is 13.9. The number of fused-ring (bicyclic) bond motifs is 1. The van der Waals surface area contributed by atoms with Crippen LogP contribution in [0.1, 0.15) is 5.69 Å². The zero-order valence-electron chi connectivity index (χ0n) is 10.4. The smallest absolute Gasteiger partial charge is 0.145 e. The van der Waals surface area contributed by atoms with Gasteiger partial charge in [0.2, 0.25) is 0 Å². The van der Waals surface area contributed by atoms with Gasteiger partial charge < -0.3 is 10.1 Å². The first-order chi connectivity index (χ1) is 9.74. The van der Waals surface area contributed by atoms with Gasteiger partial charge in [0, 0.05) is 6.20 Å². The van der Waals surface area contributed by atoms with E-state index < -0.39 is 0 Å². The summed E-state index contributed by atoms with van der Waals surface area (Å²) in [7, 11) is 0. The monoisotopic (exact) mass is 307 g/mol. The first kappa shape index (κ1) is 13.2. The third kappa shape index (κ3) is 2.71. The Kier molecular flexibility index (Phi) is 3.76. The SMILES string of the molecule is Clc1cccc(OCC2=NCc3ncccc3N2)c1Cl. The van der Waals surface area contributed by atoms with Gasteiger partial charge in [-0.15, -0.1) is 0 Å². The van der Waals surface area contributed by atoms with Crippen molar-refractivity contribution in [3.8, 4) is 5.75 Å². The maximum Gasteiger partial charge on any atom is 0.145 e. The number of anilines is 1. The number of aromatic nitrogens is 1. The highest BCUT2D eigenvalue weighted by Gasteiger charge is 2.13. The fourth-order valence-corrected chi connectivity index (χ4v) is 2.21. The van der Waals surface area contributed by atoms with E-state index in [1.165, 1.54) is 0 Å². The predicted octanol–water partition coefficient (Wildman–Crippen LogP) is 3.79. The highest BCUT2D eigenvalue weighted by atomic mass is 35.5. The Morgan fingerprint density at radius 2 is 2.10 bits per heavy atom. The van der Waals surface area contributed by atoms with Crippen LogP contribution in [-0.2, 0) is 6.54 Å². The maximum absolute atomic E-state index is 6.06. The Labute approximate surface area is 126 Å². The van der Waals surface area contributed by atoms with Gasteiger partial charge in [0.1, 0.15) is 23.2 Å². The van der Waals surface area contributed by atoms with Gasteiger partial charge in [-0.1, -0.05) is 29.3 Å². The summed E-state index contributed by atoms with van der Waals surface area (Å²) in [4.78, 5) is 8.63. The van der Waals surface area contributed by atoms with E-state index in [-0.39, 0.29) is 0 Å². The Bertz CT molecular complexity index is 673. The van der Waals surface area contributed by atoms with Crippen molar-refractivity contribution in [1.82, 2.24) is 4.98 Å². The van der Waals surface area contributed by atoms with Gasteiger partial charge in [-0.05, 0) is 24.3 Å². The number of hydrogen-bond donors (Lipinski definition) is 1. The van der Waals surface area contributed by atoms with E-state index in [4.69, 9.17) is 27.9 Å². The number of hydrogen-bond acceptors (Lipinski definition) is 4. The summed E-state index contributed by atoms with van der Waals surface area (Å²) in [5, 5.41) is 4.07. The number of ether oxygens (including phenoxy) is 1. The molecular formula is C14H11Cl2N3O. The molecule has 0 bridgehead atoms. The van der Waals surface area contributed by atoms with Crippen molar-refractivity contribution >= 4 is 34.7 Å². The second-order valence-electron chi connectivity index (χ2n) is 4.23. The molecule has 1 aromatic heterocycles. The lowest BCUT2D eigenvalue weighted by atomic mass is 10.2. The minimum absolute atomic E-state index is 0.300. The molecule has 3 rings (SSSR count). The molecule has 20 heavy (non-hydrogen) atoms. The lowest BCUT2D eigenvalue weighted by Crippen LogP contribution is -2.25. The van der Waals surface area contributed by atoms with Crippen molar-refractivity contribution in [2.45, 2.75) is 6.54 Å². The van der Waals surface area contributed by atoms with E-state index in [1.54, 1.807) is 24.4 Å². The molecule has 4 nitrogen and oxygen atoms in total. The third-order valence-corrected chi connectivity index (χ3v) is 3.67. The average molecular weight is 308 g/mol.